The first-order valence-electron chi connectivity index (χ1n) is 8.35. The van der Waals surface area contributed by atoms with Crippen molar-refractivity contribution in [1.82, 2.24) is 4.57 Å². The highest BCUT2D eigenvalue weighted by atomic mass is 79.9. The highest BCUT2D eigenvalue weighted by molar-refractivity contribution is 9.10. The van der Waals surface area contributed by atoms with Crippen LogP contribution in [0.3, 0.4) is 0 Å². The second kappa shape index (κ2) is 6.42. The molecule has 4 N–H and O–H groups in total. The van der Waals surface area contributed by atoms with Crippen molar-refractivity contribution in [3.63, 3.8) is 0 Å². The van der Waals surface area contributed by atoms with Gasteiger partial charge in [-0.05, 0) is 34.5 Å². The van der Waals surface area contributed by atoms with Crippen molar-refractivity contribution in [1.29, 1.82) is 0 Å². The quantitative estimate of drug-likeness (QED) is 0.568. The Morgan fingerprint density at radius 3 is 2.61 bits per heavy atom. The Morgan fingerprint density at radius 1 is 1.29 bits per heavy atom. The van der Waals surface area contributed by atoms with Gasteiger partial charge in [0, 0.05) is 17.8 Å². The molecule has 1 aliphatic heterocycles. The number of anilines is 1. The number of fused-ring (bicyclic) bond motifs is 4. The van der Waals surface area contributed by atoms with Gasteiger partial charge in [0.05, 0.1) is 21.1 Å². The molecule has 4 rings (SSSR count). The fourth-order valence-corrected chi connectivity index (χ4v) is 3.93. The molecule has 28 heavy (non-hydrogen) atoms. The molecule has 0 fully saturated rings. The van der Waals surface area contributed by atoms with Gasteiger partial charge in [-0.15, -0.1) is 0 Å². The van der Waals surface area contributed by atoms with Gasteiger partial charge in [-0.3, -0.25) is 4.79 Å². The molecule has 0 saturated carbocycles. The van der Waals surface area contributed by atoms with Crippen LogP contribution in [0.2, 0.25) is 0 Å². The Hall–Kier alpha value is -3.26. The minimum Gasteiger partial charge on any atom is -0.501 e. The van der Waals surface area contributed by atoms with E-state index in [2.05, 4.69) is 15.9 Å². The molecule has 0 radical (unpaired) electrons. The molecular formula is C20H15BrN2O5. The van der Waals surface area contributed by atoms with Gasteiger partial charge in [0.25, 0.3) is 5.76 Å². The molecule has 142 valence electrons. The number of hydrogen-bond acceptors (Lipinski definition) is 5. The lowest BCUT2D eigenvalue weighted by molar-refractivity contribution is -0.135. The highest BCUT2D eigenvalue weighted by Crippen LogP contribution is 2.45. The first-order chi connectivity index (χ1) is 13.3. The Balaban J connectivity index is 2.02. The van der Waals surface area contributed by atoms with E-state index in [4.69, 9.17) is 10.5 Å². The molecule has 0 amide bonds. The number of nitrogens with zero attached hydrogens (tertiary/aromatic N) is 1. The monoisotopic (exact) mass is 442 g/mol. The third kappa shape index (κ3) is 2.56. The number of carbonyl (C=O) groups excluding carboxylic acids is 1. The molecule has 0 unspecified atom stereocenters. The first-order valence-corrected chi connectivity index (χ1v) is 9.14. The minimum absolute atomic E-state index is 0.0923. The van der Waals surface area contributed by atoms with Crippen LogP contribution in [0.15, 0.2) is 52.4 Å². The topological polar surface area (TPSA) is 115 Å². The predicted molar refractivity (Wildman–Crippen MR) is 107 cm³/mol. The van der Waals surface area contributed by atoms with Crippen molar-refractivity contribution in [2.75, 3.05) is 5.73 Å². The first kappa shape index (κ1) is 18.1. The van der Waals surface area contributed by atoms with E-state index < -0.39 is 23.3 Å². The third-order valence-electron chi connectivity index (χ3n) is 4.81. The average molecular weight is 443 g/mol. The number of allylic oxidation sites excluding steroid dienone is 1. The molecule has 1 aliphatic rings. The van der Waals surface area contributed by atoms with E-state index in [1.54, 1.807) is 6.07 Å². The van der Waals surface area contributed by atoms with Crippen LogP contribution in [-0.2, 0) is 11.3 Å². The lowest BCUT2D eigenvalue weighted by Crippen LogP contribution is -2.14. The number of ether oxygens (including phenoxy) is 1. The van der Waals surface area contributed by atoms with E-state index in [1.807, 2.05) is 41.8 Å². The second-order valence-electron chi connectivity index (χ2n) is 6.45. The number of benzene rings is 2. The lowest BCUT2D eigenvalue weighted by Gasteiger charge is -2.11. The third-order valence-corrected chi connectivity index (χ3v) is 5.60. The molecular weight excluding hydrogens is 428 g/mol. The highest BCUT2D eigenvalue weighted by Gasteiger charge is 2.34. The van der Waals surface area contributed by atoms with Crippen LogP contribution < -0.4 is 10.5 Å². The van der Waals surface area contributed by atoms with Gasteiger partial charge in [-0.25, -0.2) is 4.79 Å². The van der Waals surface area contributed by atoms with E-state index >= 15 is 0 Å². The van der Waals surface area contributed by atoms with Crippen LogP contribution in [0, 0.1) is 6.92 Å². The van der Waals surface area contributed by atoms with Gasteiger partial charge < -0.3 is 25.3 Å². The number of aromatic nitrogens is 1. The number of carbonyl (C=O) groups is 2. The number of aliphatic carboxylic acids is 1. The van der Waals surface area contributed by atoms with Gasteiger partial charge in [0.15, 0.2) is 5.75 Å². The number of carboxylic acids is 1. The average Bonchev–Trinajstić information content (AvgIpc) is 2.88. The van der Waals surface area contributed by atoms with Crippen molar-refractivity contribution >= 4 is 44.3 Å². The maximum absolute atomic E-state index is 12.6. The van der Waals surface area contributed by atoms with Crippen molar-refractivity contribution in [3.05, 3.63) is 69.2 Å². The van der Waals surface area contributed by atoms with Crippen LogP contribution in [0.1, 0.15) is 21.6 Å². The number of nitrogens with two attached hydrogens (primary N) is 1. The number of halogens is 1. The van der Waals surface area contributed by atoms with Gasteiger partial charge in [-0.2, -0.15) is 0 Å². The van der Waals surface area contributed by atoms with Crippen LogP contribution in [-0.4, -0.2) is 26.5 Å². The molecule has 0 spiro atoms. The van der Waals surface area contributed by atoms with Crippen molar-refractivity contribution in [3.8, 4) is 5.75 Å². The fraction of sp³-hybridized carbons (Fsp3) is 0.100. The van der Waals surface area contributed by atoms with Crippen molar-refractivity contribution in [2.45, 2.75) is 13.5 Å². The number of Topliss-reactive ketones (excluding diaryl/α,β-unsaturated/α-hetero) is 1. The van der Waals surface area contributed by atoms with E-state index in [0.29, 0.717) is 23.1 Å². The molecule has 8 heteroatoms. The summed E-state index contributed by atoms with van der Waals surface area (Å²) in [5, 5.41) is 19.9. The van der Waals surface area contributed by atoms with Crippen molar-refractivity contribution < 1.29 is 24.5 Å². The summed E-state index contributed by atoms with van der Waals surface area (Å²) in [6.07, 6.45) is 0. The zero-order valence-corrected chi connectivity index (χ0v) is 16.3. The van der Waals surface area contributed by atoms with Gasteiger partial charge in [-0.1, -0.05) is 30.3 Å². The van der Waals surface area contributed by atoms with E-state index in [0.717, 1.165) is 11.3 Å². The van der Waals surface area contributed by atoms with Gasteiger partial charge >= 0.3 is 5.97 Å². The molecule has 1 aromatic heterocycles. The molecule has 2 aromatic carbocycles. The molecule has 0 aliphatic carbocycles. The molecule has 3 aromatic rings. The van der Waals surface area contributed by atoms with Crippen LogP contribution in [0.4, 0.5) is 5.69 Å². The number of carboxylic acid groups (broad SMARTS) is 1. The van der Waals surface area contributed by atoms with Crippen LogP contribution >= 0.6 is 15.9 Å². The number of ketones is 1. The summed E-state index contributed by atoms with van der Waals surface area (Å²) < 4.78 is 7.65. The Bertz CT molecular complexity index is 1190. The Labute approximate surface area is 167 Å². The summed E-state index contributed by atoms with van der Waals surface area (Å²) in [5.41, 5.74) is 9.23. The molecule has 0 saturated heterocycles. The lowest BCUT2D eigenvalue weighted by atomic mass is 10.1. The van der Waals surface area contributed by atoms with E-state index in [-0.39, 0.29) is 15.8 Å². The number of aliphatic hydroxyl groups is 1. The number of hydrogen-bond donors (Lipinski definition) is 3. The maximum Gasteiger partial charge on any atom is 0.375 e. The minimum atomic E-state index is -1.55. The van der Waals surface area contributed by atoms with Crippen molar-refractivity contribution in [2.24, 2.45) is 0 Å². The normalized spacial score (nSPS) is 13.6. The summed E-state index contributed by atoms with van der Waals surface area (Å²) in [7, 11) is 0. The second-order valence-corrected chi connectivity index (χ2v) is 7.24. The van der Waals surface area contributed by atoms with E-state index in [9.17, 15) is 19.8 Å². The zero-order valence-electron chi connectivity index (χ0n) is 14.7. The Kier molecular flexibility index (Phi) is 4.15. The standard InChI is InChI=1S/C20H15BrN2O5/c1-9-15(22)13-12(23(9)8-10-5-3-2-4-6-10)7-11-14(21)18(13)28-19(20(26)27)17(25)16(11)24/h2-7,25H,8,22H2,1H3,(H,26,27). The molecule has 0 atom stereocenters. The summed E-state index contributed by atoms with van der Waals surface area (Å²) in [6, 6.07) is 11.3. The molecule has 7 nitrogen and oxygen atoms in total. The van der Waals surface area contributed by atoms with Gasteiger partial charge in [0.2, 0.25) is 11.5 Å². The maximum atomic E-state index is 12.6. The van der Waals surface area contributed by atoms with Crippen LogP contribution in [0.5, 0.6) is 5.75 Å². The molecule has 2 bridgehead atoms. The summed E-state index contributed by atoms with van der Waals surface area (Å²) >= 11 is 3.30. The van der Waals surface area contributed by atoms with E-state index in [1.165, 1.54) is 0 Å². The largest absolute Gasteiger partial charge is 0.501 e. The SMILES string of the molecule is Cc1c(N)c2c3c(Br)c(cc2n1Cc1ccccc1)C(=O)C(O)=C(C(=O)O)O3. The Morgan fingerprint density at radius 2 is 1.96 bits per heavy atom. The number of aliphatic hydroxyl groups excluding tert-OH is 1. The van der Waals surface area contributed by atoms with Gasteiger partial charge in [0.1, 0.15) is 0 Å². The summed E-state index contributed by atoms with van der Waals surface area (Å²) in [4.78, 5) is 24.1. The molecule has 2 heterocycles. The predicted octanol–water partition coefficient (Wildman–Crippen LogP) is 3.77. The van der Waals surface area contributed by atoms with Crippen LogP contribution in [0.25, 0.3) is 10.9 Å². The number of nitrogen functional groups attached to an aromatic ring is 1. The summed E-state index contributed by atoms with van der Waals surface area (Å²) in [6.45, 7) is 2.34. The number of rotatable bonds is 3. The smallest absolute Gasteiger partial charge is 0.375 e. The summed E-state index contributed by atoms with van der Waals surface area (Å²) in [5.74, 6) is -4.09. The fourth-order valence-electron chi connectivity index (χ4n) is 3.36. The zero-order chi connectivity index (χ0) is 20.2.